The van der Waals surface area contributed by atoms with E-state index < -0.39 is 5.97 Å². The molecule has 162 valence electrons. The van der Waals surface area contributed by atoms with E-state index in [0.29, 0.717) is 25.3 Å². The van der Waals surface area contributed by atoms with Crippen LogP contribution in [-0.2, 0) is 14.3 Å². The van der Waals surface area contributed by atoms with Crippen molar-refractivity contribution in [3.05, 3.63) is 52.5 Å². The molecule has 0 saturated carbocycles. The normalized spacial score (nSPS) is 10.6. The summed E-state index contributed by atoms with van der Waals surface area (Å²) in [5, 5.41) is 3.64. The van der Waals surface area contributed by atoms with E-state index >= 15 is 0 Å². The fourth-order valence-electron chi connectivity index (χ4n) is 2.93. The van der Waals surface area contributed by atoms with Crippen molar-refractivity contribution >= 4 is 65.8 Å². The van der Waals surface area contributed by atoms with Gasteiger partial charge in [0, 0.05) is 25.0 Å². The lowest BCUT2D eigenvalue weighted by Crippen LogP contribution is -2.31. The average molecular weight is 505 g/mol. The summed E-state index contributed by atoms with van der Waals surface area (Å²) >= 11 is 4.65. The molecule has 1 aromatic heterocycles. The van der Waals surface area contributed by atoms with E-state index in [2.05, 4.69) is 21.2 Å². The summed E-state index contributed by atoms with van der Waals surface area (Å²) in [5.41, 5.74) is 1.02. The van der Waals surface area contributed by atoms with Crippen LogP contribution in [0.2, 0.25) is 0 Å². The molecule has 1 N–H and O–H groups in total. The molecule has 0 saturated heterocycles. The quantitative estimate of drug-likeness (QED) is 0.465. The summed E-state index contributed by atoms with van der Waals surface area (Å²) < 4.78 is 12.3. The van der Waals surface area contributed by atoms with Gasteiger partial charge in [0.25, 0.3) is 5.91 Å². The highest BCUT2D eigenvalue weighted by Crippen LogP contribution is 2.44. The van der Waals surface area contributed by atoms with Crippen molar-refractivity contribution in [3.63, 3.8) is 0 Å². The zero-order valence-electron chi connectivity index (χ0n) is 17.2. The predicted molar refractivity (Wildman–Crippen MR) is 125 cm³/mol. The van der Waals surface area contributed by atoms with Gasteiger partial charge < -0.3 is 19.7 Å². The number of hydrogen-bond acceptors (Lipinski definition) is 6. The number of ether oxygens (including phenoxy) is 2. The number of carbonyl (C=O) groups excluding carboxylic acids is 3. The van der Waals surface area contributed by atoms with E-state index in [1.54, 1.807) is 26.1 Å². The Morgan fingerprint density at radius 1 is 1.13 bits per heavy atom. The van der Waals surface area contributed by atoms with Crippen molar-refractivity contribution in [1.29, 1.82) is 0 Å². The van der Waals surface area contributed by atoms with Crippen LogP contribution in [0.5, 0.6) is 5.75 Å². The van der Waals surface area contributed by atoms with Crippen LogP contribution in [0.1, 0.15) is 24.2 Å². The minimum atomic E-state index is -0.536. The smallest absolute Gasteiger partial charge is 0.341 e. The summed E-state index contributed by atoms with van der Waals surface area (Å²) in [7, 11) is 1.68. The first kappa shape index (κ1) is 22.8. The van der Waals surface area contributed by atoms with Gasteiger partial charge in [-0.15, -0.1) is 11.3 Å². The molecular weight excluding hydrogens is 484 g/mol. The number of nitrogens with one attached hydrogen (secondary N) is 1. The van der Waals surface area contributed by atoms with Gasteiger partial charge in [-0.05, 0) is 41.1 Å². The molecule has 0 unspecified atom stereocenters. The van der Waals surface area contributed by atoms with Gasteiger partial charge >= 0.3 is 5.97 Å². The van der Waals surface area contributed by atoms with Crippen LogP contribution in [0.25, 0.3) is 10.1 Å². The lowest BCUT2D eigenvalue weighted by molar-refractivity contribution is -0.120. The second-order valence-corrected chi connectivity index (χ2v) is 8.41. The lowest BCUT2D eigenvalue weighted by Gasteiger charge is -2.18. The molecule has 0 aliphatic heterocycles. The third kappa shape index (κ3) is 5.05. The number of rotatable bonds is 7. The Labute approximate surface area is 192 Å². The highest BCUT2D eigenvalue weighted by molar-refractivity contribution is 9.10. The van der Waals surface area contributed by atoms with Gasteiger partial charge in [-0.3, -0.25) is 9.59 Å². The van der Waals surface area contributed by atoms with Crippen molar-refractivity contribution in [2.24, 2.45) is 0 Å². The molecule has 3 rings (SSSR count). The number of hydrogen-bond donors (Lipinski definition) is 1. The number of nitrogens with zero attached hydrogens (tertiary/aromatic N) is 1. The average Bonchev–Trinajstić information content (AvgIpc) is 3.10. The van der Waals surface area contributed by atoms with Gasteiger partial charge in [-0.1, -0.05) is 24.3 Å². The number of carbonyl (C=O) groups is 3. The zero-order valence-corrected chi connectivity index (χ0v) is 19.6. The molecule has 7 nitrogen and oxygen atoms in total. The van der Waals surface area contributed by atoms with Gasteiger partial charge in [0.05, 0.1) is 15.8 Å². The van der Waals surface area contributed by atoms with Crippen molar-refractivity contribution < 1.29 is 23.9 Å². The molecule has 3 aromatic rings. The van der Waals surface area contributed by atoms with Crippen molar-refractivity contribution in [1.82, 2.24) is 0 Å². The highest BCUT2D eigenvalue weighted by Gasteiger charge is 2.24. The number of anilines is 2. The van der Waals surface area contributed by atoms with Crippen LogP contribution in [0.3, 0.4) is 0 Å². The van der Waals surface area contributed by atoms with E-state index in [-0.39, 0.29) is 30.6 Å². The second-order valence-electron chi connectivity index (χ2n) is 6.54. The van der Waals surface area contributed by atoms with Crippen LogP contribution in [-0.4, -0.2) is 38.0 Å². The molecule has 31 heavy (non-hydrogen) atoms. The largest absolute Gasteiger partial charge is 0.481 e. The molecule has 0 aliphatic carbocycles. The predicted octanol–water partition coefficient (Wildman–Crippen LogP) is 4.84. The molecule has 0 bridgehead atoms. The summed E-state index contributed by atoms with van der Waals surface area (Å²) in [5.74, 6) is -0.664. The van der Waals surface area contributed by atoms with Crippen LogP contribution < -0.4 is 15.0 Å². The number of likely N-dealkylation sites (N-methyl/N-ethyl adjacent to an activating group) is 1. The zero-order chi connectivity index (χ0) is 22.5. The minimum absolute atomic E-state index is 0.203. The topological polar surface area (TPSA) is 84.9 Å². The SMILES string of the molecule is CCOC(=O)c1c(NC(C)=O)sc2c(OCC(=O)N(C)c3ccccc3)c(Br)ccc12. The Morgan fingerprint density at radius 3 is 2.48 bits per heavy atom. The fourth-order valence-corrected chi connectivity index (χ4v) is 4.74. The van der Waals surface area contributed by atoms with Crippen molar-refractivity contribution in [2.75, 3.05) is 30.5 Å². The number of halogens is 1. The van der Waals surface area contributed by atoms with Crippen LogP contribution >= 0.6 is 27.3 Å². The molecule has 2 amide bonds. The van der Waals surface area contributed by atoms with Gasteiger partial charge in [0.1, 0.15) is 10.6 Å². The van der Waals surface area contributed by atoms with Gasteiger partial charge in [-0.2, -0.15) is 0 Å². The number of esters is 1. The van der Waals surface area contributed by atoms with E-state index in [9.17, 15) is 14.4 Å². The molecule has 0 spiro atoms. The number of benzene rings is 2. The van der Waals surface area contributed by atoms with E-state index in [0.717, 1.165) is 5.69 Å². The Hall–Kier alpha value is -2.91. The molecule has 0 atom stereocenters. The summed E-state index contributed by atoms with van der Waals surface area (Å²) in [6.07, 6.45) is 0. The Morgan fingerprint density at radius 2 is 1.84 bits per heavy atom. The number of amides is 2. The number of thiophene rings is 1. The van der Waals surface area contributed by atoms with E-state index in [4.69, 9.17) is 9.47 Å². The lowest BCUT2D eigenvalue weighted by atomic mass is 10.1. The third-order valence-corrected chi connectivity index (χ3v) is 6.14. The fraction of sp³-hybridized carbons (Fsp3) is 0.227. The van der Waals surface area contributed by atoms with Crippen LogP contribution in [0.15, 0.2) is 46.9 Å². The monoisotopic (exact) mass is 504 g/mol. The first-order valence-corrected chi connectivity index (χ1v) is 11.1. The maximum atomic E-state index is 12.6. The summed E-state index contributed by atoms with van der Waals surface area (Å²) in [6.45, 7) is 3.08. The Balaban J connectivity index is 1.95. The molecular formula is C22H21BrN2O5S. The number of fused-ring (bicyclic) bond motifs is 1. The maximum absolute atomic E-state index is 12.6. The summed E-state index contributed by atoms with van der Waals surface area (Å²) in [4.78, 5) is 38.3. The maximum Gasteiger partial charge on any atom is 0.341 e. The Bertz CT molecular complexity index is 1130. The second kappa shape index (κ2) is 9.93. The van der Waals surface area contributed by atoms with Gasteiger partial charge in [0.15, 0.2) is 12.4 Å². The number of para-hydroxylation sites is 1. The molecule has 1 heterocycles. The molecule has 9 heteroatoms. The molecule has 0 fully saturated rings. The standard InChI is InChI=1S/C22H21BrN2O5S/c1-4-29-22(28)18-15-10-11-16(23)19(20(15)31-21(18)24-13(2)26)30-12-17(27)25(3)14-8-6-5-7-9-14/h5-11H,4,12H2,1-3H3,(H,24,26). The first-order chi connectivity index (χ1) is 14.8. The van der Waals surface area contributed by atoms with Crippen LogP contribution in [0.4, 0.5) is 10.7 Å². The van der Waals surface area contributed by atoms with Crippen LogP contribution in [0, 0.1) is 0 Å². The minimum Gasteiger partial charge on any atom is -0.481 e. The highest BCUT2D eigenvalue weighted by atomic mass is 79.9. The Kier molecular flexibility index (Phi) is 7.29. The van der Waals surface area contributed by atoms with E-state index in [1.807, 2.05) is 30.3 Å². The van der Waals surface area contributed by atoms with Crippen molar-refractivity contribution in [3.8, 4) is 5.75 Å². The molecule has 0 aliphatic rings. The molecule has 0 radical (unpaired) electrons. The van der Waals surface area contributed by atoms with Crippen molar-refractivity contribution in [2.45, 2.75) is 13.8 Å². The summed E-state index contributed by atoms with van der Waals surface area (Å²) in [6, 6.07) is 12.7. The van der Waals surface area contributed by atoms with Gasteiger partial charge in [-0.25, -0.2) is 4.79 Å². The first-order valence-electron chi connectivity index (χ1n) is 9.47. The van der Waals surface area contributed by atoms with E-state index in [1.165, 1.54) is 23.2 Å². The molecule has 2 aromatic carbocycles. The van der Waals surface area contributed by atoms with Gasteiger partial charge in [0.2, 0.25) is 5.91 Å². The third-order valence-electron chi connectivity index (χ3n) is 4.39.